The van der Waals surface area contributed by atoms with Gasteiger partial charge in [0.15, 0.2) is 5.16 Å². The van der Waals surface area contributed by atoms with Crippen LogP contribution < -0.4 is 10.1 Å². The maximum Gasteiger partial charge on any atom is 0.266 e. The third kappa shape index (κ3) is 6.47. The van der Waals surface area contributed by atoms with Gasteiger partial charge in [0.05, 0.1) is 28.3 Å². The standard InChI is InChI=1S/C28H24N4O4S4/c1-2-36-19-11-9-18(10-12-19)29-24(33)17-39-27-30-21-7-3-4-8-22(21)32(27)25(34)13-14-31-26(35)23(40-28(31)37)16-20-6-5-15-38-20/h3-12,15-16H,2,13-14,17H2,1H3,(H,29,33)/b23-16-. The number of para-hydroxylation sites is 2. The predicted molar refractivity (Wildman–Crippen MR) is 166 cm³/mol. The monoisotopic (exact) mass is 608 g/mol. The molecule has 0 atom stereocenters. The summed E-state index contributed by atoms with van der Waals surface area (Å²) in [5.74, 6) is 0.125. The molecule has 3 heterocycles. The molecule has 8 nitrogen and oxygen atoms in total. The Bertz CT molecular complexity index is 1600. The Kier molecular flexibility index (Phi) is 9.00. The van der Waals surface area contributed by atoms with Gasteiger partial charge in [0, 0.05) is 23.5 Å². The zero-order valence-electron chi connectivity index (χ0n) is 21.4. The fourth-order valence-corrected chi connectivity index (χ4v) is 6.84. The molecule has 1 saturated heterocycles. The second-order valence-corrected chi connectivity index (χ2v) is 12.1. The fourth-order valence-electron chi connectivity index (χ4n) is 3.98. The number of fused-ring (bicyclic) bond motifs is 1. The Morgan fingerprint density at radius 2 is 1.93 bits per heavy atom. The van der Waals surface area contributed by atoms with Crippen molar-refractivity contribution in [3.05, 3.63) is 75.8 Å². The molecule has 1 fully saturated rings. The van der Waals surface area contributed by atoms with E-state index in [0.717, 1.165) is 10.6 Å². The van der Waals surface area contributed by atoms with Crippen molar-refractivity contribution < 1.29 is 19.1 Å². The first kappa shape index (κ1) is 28.1. The van der Waals surface area contributed by atoms with E-state index in [-0.39, 0.29) is 36.4 Å². The van der Waals surface area contributed by atoms with Crippen molar-refractivity contribution in [2.75, 3.05) is 24.2 Å². The summed E-state index contributed by atoms with van der Waals surface area (Å²) in [6, 6.07) is 18.3. The number of anilines is 1. The zero-order chi connectivity index (χ0) is 28.1. The van der Waals surface area contributed by atoms with E-state index in [9.17, 15) is 14.4 Å². The van der Waals surface area contributed by atoms with E-state index in [1.54, 1.807) is 24.3 Å². The maximum atomic E-state index is 13.5. The molecule has 40 heavy (non-hydrogen) atoms. The lowest BCUT2D eigenvalue weighted by atomic mass is 10.3. The summed E-state index contributed by atoms with van der Waals surface area (Å²) < 4.78 is 7.38. The van der Waals surface area contributed by atoms with E-state index in [4.69, 9.17) is 17.0 Å². The van der Waals surface area contributed by atoms with Crippen molar-refractivity contribution >= 4 is 91.9 Å². The van der Waals surface area contributed by atoms with Gasteiger partial charge in [0.1, 0.15) is 10.1 Å². The largest absolute Gasteiger partial charge is 0.494 e. The first-order chi connectivity index (χ1) is 19.4. The second-order valence-electron chi connectivity index (χ2n) is 8.51. The van der Waals surface area contributed by atoms with Crippen LogP contribution in [0.1, 0.15) is 23.0 Å². The number of thioether (sulfide) groups is 2. The zero-order valence-corrected chi connectivity index (χ0v) is 24.6. The number of nitrogens with zero attached hydrogens (tertiary/aromatic N) is 3. The lowest BCUT2D eigenvalue weighted by Gasteiger charge is -2.14. The number of thiophene rings is 1. The molecule has 0 saturated carbocycles. The van der Waals surface area contributed by atoms with Gasteiger partial charge < -0.3 is 10.1 Å². The maximum absolute atomic E-state index is 13.5. The number of imidazole rings is 1. The topological polar surface area (TPSA) is 93.5 Å². The fraction of sp³-hybridized carbons (Fsp3) is 0.179. The molecular formula is C28H24N4O4S4. The number of nitrogens with one attached hydrogen (secondary N) is 1. The Morgan fingerprint density at radius 1 is 1.12 bits per heavy atom. The summed E-state index contributed by atoms with van der Waals surface area (Å²) >= 11 is 9.39. The number of thiocarbonyl (C=S) groups is 1. The van der Waals surface area contributed by atoms with Gasteiger partial charge in [-0.3, -0.25) is 23.9 Å². The van der Waals surface area contributed by atoms with Gasteiger partial charge in [0.2, 0.25) is 11.8 Å². The van der Waals surface area contributed by atoms with E-state index in [1.165, 1.54) is 44.3 Å². The number of ether oxygens (including phenoxy) is 1. The van der Waals surface area contributed by atoms with Crippen LogP contribution in [0.2, 0.25) is 0 Å². The highest BCUT2D eigenvalue weighted by atomic mass is 32.2. The molecule has 2 aromatic carbocycles. The molecule has 0 unspecified atom stereocenters. The highest BCUT2D eigenvalue weighted by Gasteiger charge is 2.32. The minimum absolute atomic E-state index is 0.0466. The number of hydrogen-bond donors (Lipinski definition) is 1. The van der Waals surface area contributed by atoms with Crippen LogP contribution in [0.15, 0.2) is 76.1 Å². The average Bonchev–Trinajstić information content (AvgIpc) is 3.66. The summed E-state index contributed by atoms with van der Waals surface area (Å²) in [4.78, 5) is 46.7. The highest BCUT2D eigenvalue weighted by molar-refractivity contribution is 8.26. The number of amides is 2. The SMILES string of the molecule is CCOc1ccc(NC(=O)CSc2nc3ccccc3n2C(=O)CCN2C(=O)/C(=C/c3cccs3)SC2=S)cc1. The van der Waals surface area contributed by atoms with Crippen molar-refractivity contribution in [2.24, 2.45) is 0 Å². The van der Waals surface area contributed by atoms with Crippen LogP contribution in [0.5, 0.6) is 5.75 Å². The minimum atomic E-state index is -0.237. The van der Waals surface area contributed by atoms with E-state index >= 15 is 0 Å². The molecule has 0 radical (unpaired) electrons. The molecule has 5 rings (SSSR count). The van der Waals surface area contributed by atoms with Gasteiger partial charge in [0.25, 0.3) is 5.91 Å². The van der Waals surface area contributed by atoms with Gasteiger partial charge in [-0.15, -0.1) is 11.3 Å². The molecule has 2 aromatic heterocycles. The Hall–Kier alpha value is -3.45. The quantitative estimate of drug-likeness (QED) is 0.130. The second kappa shape index (κ2) is 12.8. The first-order valence-corrected chi connectivity index (χ1v) is 15.5. The smallest absolute Gasteiger partial charge is 0.266 e. The van der Waals surface area contributed by atoms with Gasteiger partial charge >= 0.3 is 0 Å². The molecule has 1 aliphatic heterocycles. The summed E-state index contributed by atoms with van der Waals surface area (Å²) in [6.45, 7) is 2.63. The minimum Gasteiger partial charge on any atom is -0.494 e. The Labute approximate surface area is 248 Å². The summed E-state index contributed by atoms with van der Waals surface area (Å²) in [7, 11) is 0. The van der Waals surface area contributed by atoms with E-state index < -0.39 is 0 Å². The van der Waals surface area contributed by atoms with Crippen LogP contribution in [0.3, 0.4) is 0 Å². The molecule has 1 N–H and O–H groups in total. The normalized spacial score (nSPS) is 14.3. The Balaban J connectivity index is 1.25. The molecule has 204 valence electrons. The number of benzene rings is 2. The van der Waals surface area contributed by atoms with Crippen LogP contribution >= 0.6 is 47.1 Å². The van der Waals surface area contributed by atoms with Crippen molar-refractivity contribution in [2.45, 2.75) is 18.5 Å². The molecule has 0 spiro atoms. The molecule has 12 heteroatoms. The van der Waals surface area contributed by atoms with Crippen LogP contribution in [-0.2, 0) is 9.59 Å². The van der Waals surface area contributed by atoms with Gasteiger partial charge in [-0.1, -0.05) is 53.9 Å². The molecule has 2 amide bonds. The highest BCUT2D eigenvalue weighted by Crippen LogP contribution is 2.33. The van der Waals surface area contributed by atoms with E-state index in [2.05, 4.69) is 10.3 Å². The van der Waals surface area contributed by atoms with Crippen molar-refractivity contribution in [1.82, 2.24) is 14.5 Å². The lowest BCUT2D eigenvalue weighted by molar-refractivity contribution is -0.122. The predicted octanol–water partition coefficient (Wildman–Crippen LogP) is 6.16. The summed E-state index contributed by atoms with van der Waals surface area (Å²) in [5.41, 5.74) is 1.94. The first-order valence-electron chi connectivity index (χ1n) is 12.4. The van der Waals surface area contributed by atoms with Gasteiger partial charge in [-0.25, -0.2) is 4.98 Å². The third-order valence-corrected chi connectivity index (χ3v) is 8.94. The van der Waals surface area contributed by atoms with Crippen molar-refractivity contribution in [3.63, 3.8) is 0 Å². The number of aromatic nitrogens is 2. The van der Waals surface area contributed by atoms with E-state index in [1.807, 2.05) is 54.8 Å². The van der Waals surface area contributed by atoms with Crippen LogP contribution in [0.25, 0.3) is 17.1 Å². The molecular weight excluding hydrogens is 585 g/mol. The number of carbonyl (C=O) groups excluding carboxylic acids is 3. The molecule has 0 aliphatic carbocycles. The number of hydrogen-bond acceptors (Lipinski definition) is 9. The summed E-state index contributed by atoms with van der Waals surface area (Å²) in [6.07, 6.45) is 1.87. The molecule has 0 bridgehead atoms. The van der Waals surface area contributed by atoms with Gasteiger partial charge in [-0.2, -0.15) is 0 Å². The van der Waals surface area contributed by atoms with Crippen molar-refractivity contribution in [3.8, 4) is 5.75 Å². The number of carbonyl (C=O) groups is 3. The van der Waals surface area contributed by atoms with Crippen LogP contribution in [-0.4, -0.2) is 55.4 Å². The van der Waals surface area contributed by atoms with E-state index in [0.29, 0.717) is 37.7 Å². The Morgan fingerprint density at radius 3 is 2.67 bits per heavy atom. The molecule has 4 aromatic rings. The van der Waals surface area contributed by atoms with Crippen LogP contribution in [0.4, 0.5) is 5.69 Å². The average molecular weight is 609 g/mol. The van der Waals surface area contributed by atoms with Crippen LogP contribution in [0, 0.1) is 0 Å². The lowest BCUT2D eigenvalue weighted by Crippen LogP contribution is -2.31. The van der Waals surface area contributed by atoms with Crippen molar-refractivity contribution in [1.29, 1.82) is 0 Å². The molecule has 1 aliphatic rings. The van der Waals surface area contributed by atoms with Gasteiger partial charge in [-0.05, 0) is 60.8 Å². The summed E-state index contributed by atoms with van der Waals surface area (Å²) in [5, 5.41) is 5.21. The number of rotatable bonds is 10. The third-order valence-electron chi connectivity index (χ3n) is 5.80.